The smallest absolute Gasteiger partial charge is 0.219 e. The van der Waals surface area contributed by atoms with Crippen LogP contribution < -0.4 is 10.5 Å². The fourth-order valence-electron chi connectivity index (χ4n) is 2.00. The molecule has 100 valence electrons. The average Bonchev–Trinajstić information content (AvgIpc) is 2.48. The number of fused-ring (bicyclic) bond motifs is 1. The first-order valence-electron chi connectivity index (χ1n) is 6.23. The van der Waals surface area contributed by atoms with Crippen molar-refractivity contribution < 1.29 is 4.74 Å². The highest BCUT2D eigenvalue weighted by Crippen LogP contribution is 2.31. The Labute approximate surface area is 121 Å². The van der Waals surface area contributed by atoms with Gasteiger partial charge in [0.1, 0.15) is 5.75 Å². The molecule has 0 aliphatic rings. The van der Waals surface area contributed by atoms with Crippen molar-refractivity contribution in [2.75, 3.05) is 12.0 Å². The molecular weight excluding hydrogens is 268 g/mol. The van der Waals surface area contributed by atoms with Crippen LogP contribution in [0.4, 0.5) is 5.69 Å². The van der Waals surface area contributed by atoms with Gasteiger partial charge in [0.15, 0.2) is 0 Å². The molecule has 0 radical (unpaired) electrons. The van der Waals surface area contributed by atoms with Gasteiger partial charge in [0, 0.05) is 22.0 Å². The van der Waals surface area contributed by atoms with Gasteiger partial charge in [0.05, 0.1) is 5.52 Å². The van der Waals surface area contributed by atoms with E-state index < -0.39 is 0 Å². The van der Waals surface area contributed by atoms with Crippen LogP contribution in [0.15, 0.2) is 59.5 Å². The van der Waals surface area contributed by atoms with Crippen LogP contribution in [0.25, 0.3) is 10.9 Å². The monoisotopic (exact) mass is 282 g/mol. The van der Waals surface area contributed by atoms with E-state index in [1.807, 2.05) is 60.9 Å². The van der Waals surface area contributed by atoms with Crippen molar-refractivity contribution in [3.63, 3.8) is 0 Å². The molecule has 4 heteroatoms. The van der Waals surface area contributed by atoms with E-state index in [0.717, 1.165) is 27.2 Å². The summed E-state index contributed by atoms with van der Waals surface area (Å²) in [4.78, 5) is 5.59. The van der Waals surface area contributed by atoms with Gasteiger partial charge >= 0.3 is 0 Å². The zero-order chi connectivity index (χ0) is 13.9. The lowest BCUT2D eigenvalue weighted by molar-refractivity contribution is 0.454. The number of benzene rings is 2. The molecule has 0 spiro atoms. The molecule has 0 fully saturated rings. The lowest BCUT2D eigenvalue weighted by Gasteiger charge is -2.09. The van der Waals surface area contributed by atoms with Crippen LogP contribution in [-0.4, -0.2) is 11.2 Å². The van der Waals surface area contributed by atoms with E-state index in [-0.39, 0.29) is 0 Å². The second-order valence-electron chi connectivity index (χ2n) is 4.35. The number of nitrogens with zero attached hydrogens (tertiary/aromatic N) is 1. The maximum Gasteiger partial charge on any atom is 0.219 e. The number of thioether (sulfide) groups is 1. The number of nitrogen functional groups attached to an aromatic ring is 1. The molecule has 3 nitrogen and oxygen atoms in total. The average molecular weight is 282 g/mol. The number of para-hydroxylation sites is 1. The Balaban J connectivity index is 1.96. The molecule has 1 heterocycles. The zero-order valence-electron chi connectivity index (χ0n) is 11.0. The van der Waals surface area contributed by atoms with E-state index in [1.165, 1.54) is 0 Å². The number of ether oxygens (including phenoxy) is 1. The molecule has 0 unspecified atom stereocenters. The molecule has 20 heavy (non-hydrogen) atoms. The van der Waals surface area contributed by atoms with Gasteiger partial charge in [-0.05, 0) is 42.7 Å². The van der Waals surface area contributed by atoms with E-state index in [4.69, 9.17) is 10.5 Å². The fraction of sp³-hybridized carbons (Fsp3) is 0.0625. The van der Waals surface area contributed by atoms with Crippen molar-refractivity contribution in [3.8, 4) is 11.6 Å². The number of aromatic nitrogens is 1. The van der Waals surface area contributed by atoms with Crippen molar-refractivity contribution in [2.24, 2.45) is 0 Å². The third-order valence-corrected chi connectivity index (χ3v) is 3.75. The Kier molecular flexibility index (Phi) is 3.48. The quantitative estimate of drug-likeness (QED) is 0.573. The third kappa shape index (κ3) is 2.56. The summed E-state index contributed by atoms with van der Waals surface area (Å²) in [5.74, 6) is 1.41. The predicted octanol–water partition coefficient (Wildman–Crippen LogP) is 4.33. The highest BCUT2D eigenvalue weighted by molar-refractivity contribution is 7.98. The van der Waals surface area contributed by atoms with Gasteiger partial charge in [-0.15, -0.1) is 11.8 Å². The first-order chi connectivity index (χ1) is 9.76. The molecule has 0 atom stereocenters. The molecule has 0 bridgehead atoms. The van der Waals surface area contributed by atoms with Gasteiger partial charge in [-0.1, -0.05) is 12.1 Å². The maximum atomic E-state index is 5.88. The molecule has 1 aromatic heterocycles. The summed E-state index contributed by atoms with van der Waals surface area (Å²) >= 11 is 1.65. The minimum atomic E-state index is 0.587. The third-order valence-electron chi connectivity index (χ3n) is 2.97. The fourth-order valence-corrected chi connectivity index (χ4v) is 2.52. The van der Waals surface area contributed by atoms with Crippen LogP contribution in [0.5, 0.6) is 11.6 Å². The standard InChI is InChI=1S/C16H14N2OS/c1-20-15-5-3-2-4-14(15)19-16-9-6-11-10-12(17)7-8-13(11)18-16/h2-10H,17H2,1H3. The maximum absolute atomic E-state index is 5.88. The Morgan fingerprint density at radius 3 is 2.75 bits per heavy atom. The van der Waals surface area contributed by atoms with Gasteiger partial charge in [-0.3, -0.25) is 0 Å². The molecule has 0 saturated heterocycles. The topological polar surface area (TPSA) is 48.1 Å². The predicted molar refractivity (Wildman–Crippen MR) is 84.5 cm³/mol. The summed E-state index contributed by atoms with van der Waals surface area (Å²) in [5.41, 5.74) is 7.37. The second kappa shape index (κ2) is 5.43. The highest BCUT2D eigenvalue weighted by Gasteiger charge is 2.05. The summed E-state index contributed by atoms with van der Waals surface area (Å²) in [6.07, 6.45) is 2.03. The number of anilines is 1. The number of nitrogens with two attached hydrogens (primary N) is 1. The summed E-state index contributed by atoms with van der Waals surface area (Å²) in [6.45, 7) is 0. The highest BCUT2D eigenvalue weighted by atomic mass is 32.2. The molecule has 0 saturated carbocycles. The SMILES string of the molecule is CSc1ccccc1Oc1ccc2cc(N)ccc2n1. The van der Waals surface area contributed by atoms with Crippen LogP contribution in [0.1, 0.15) is 0 Å². The van der Waals surface area contributed by atoms with E-state index in [1.54, 1.807) is 11.8 Å². The van der Waals surface area contributed by atoms with Gasteiger partial charge in [0.2, 0.25) is 5.88 Å². The zero-order valence-corrected chi connectivity index (χ0v) is 11.9. The van der Waals surface area contributed by atoms with Crippen molar-refractivity contribution in [1.29, 1.82) is 0 Å². The summed E-state index contributed by atoms with van der Waals surface area (Å²) in [7, 11) is 0. The molecule has 0 amide bonds. The Hall–Kier alpha value is -2.20. The molecule has 0 aliphatic heterocycles. The van der Waals surface area contributed by atoms with Gasteiger partial charge in [0.25, 0.3) is 0 Å². The van der Waals surface area contributed by atoms with Crippen LogP contribution in [-0.2, 0) is 0 Å². The Morgan fingerprint density at radius 2 is 1.90 bits per heavy atom. The van der Waals surface area contributed by atoms with Crippen molar-refractivity contribution >= 4 is 28.4 Å². The van der Waals surface area contributed by atoms with E-state index in [0.29, 0.717) is 5.88 Å². The molecule has 0 aliphatic carbocycles. The van der Waals surface area contributed by atoms with Gasteiger partial charge in [-0.25, -0.2) is 4.98 Å². The molecule has 3 rings (SSSR count). The molecular formula is C16H14N2OS. The van der Waals surface area contributed by atoms with Crippen LogP contribution >= 0.6 is 11.8 Å². The number of pyridine rings is 1. The van der Waals surface area contributed by atoms with Gasteiger partial charge < -0.3 is 10.5 Å². The number of hydrogen-bond donors (Lipinski definition) is 1. The van der Waals surface area contributed by atoms with Crippen LogP contribution in [0.3, 0.4) is 0 Å². The van der Waals surface area contributed by atoms with Crippen LogP contribution in [0, 0.1) is 0 Å². The van der Waals surface area contributed by atoms with E-state index in [9.17, 15) is 0 Å². The molecule has 2 N–H and O–H groups in total. The minimum absolute atomic E-state index is 0.587. The van der Waals surface area contributed by atoms with Crippen LogP contribution in [0.2, 0.25) is 0 Å². The van der Waals surface area contributed by atoms with E-state index >= 15 is 0 Å². The minimum Gasteiger partial charge on any atom is -0.438 e. The van der Waals surface area contributed by atoms with Crippen molar-refractivity contribution in [1.82, 2.24) is 4.98 Å². The normalized spacial score (nSPS) is 10.7. The Morgan fingerprint density at radius 1 is 1.05 bits per heavy atom. The van der Waals surface area contributed by atoms with Crippen molar-refractivity contribution in [2.45, 2.75) is 4.90 Å². The van der Waals surface area contributed by atoms with Gasteiger partial charge in [-0.2, -0.15) is 0 Å². The largest absolute Gasteiger partial charge is 0.438 e. The molecule has 2 aromatic carbocycles. The Bertz CT molecular complexity index is 758. The van der Waals surface area contributed by atoms with Crippen molar-refractivity contribution in [3.05, 3.63) is 54.6 Å². The first kappa shape index (κ1) is 12.8. The second-order valence-corrected chi connectivity index (χ2v) is 5.20. The number of rotatable bonds is 3. The summed E-state index contributed by atoms with van der Waals surface area (Å²) < 4.78 is 5.88. The summed E-state index contributed by atoms with van der Waals surface area (Å²) in [5, 5.41) is 1.01. The lowest BCUT2D eigenvalue weighted by Crippen LogP contribution is -1.91. The molecule has 3 aromatic rings. The first-order valence-corrected chi connectivity index (χ1v) is 7.46. The van der Waals surface area contributed by atoms with E-state index in [2.05, 4.69) is 4.98 Å². The summed E-state index contributed by atoms with van der Waals surface area (Å²) in [6, 6.07) is 17.4. The number of hydrogen-bond acceptors (Lipinski definition) is 4. The lowest BCUT2D eigenvalue weighted by atomic mass is 10.2.